The van der Waals surface area contributed by atoms with Gasteiger partial charge in [-0.15, -0.1) is 0 Å². The molecule has 2 unspecified atom stereocenters. The van der Waals surface area contributed by atoms with Gasteiger partial charge in [-0.1, -0.05) is 0 Å². The summed E-state index contributed by atoms with van der Waals surface area (Å²) < 4.78 is 12.8. The third-order valence-electron chi connectivity index (χ3n) is 2.06. The van der Waals surface area contributed by atoms with Gasteiger partial charge in [0.15, 0.2) is 0 Å². The Balaban J connectivity index is 2.65. The van der Waals surface area contributed by atoms with Crippen LogP contribution < -0.4 is 0 Å². The van der Waals surface area contributed by atoms with Crippen LogP contribution in [0.15, 0.2) is 0 Å². The van der Waals surface area contributed by atoms with Crippen LogP contribution in [0.1, 0.15) is 6.42 Å². The van der Waals surface area contributed by atoms with E-state index in [1.807, 2.05) is 0 Å². The van der Waals surface area contributed by atoms with Crippen LogP contribution in [-0.2, 0) is 0 Å². The lowest BCUT2D eigenvalue weighted by atomic mass is 10.3. The molecule has 0 spiro atoms. The molecule has 4 nitrogen and oxygen atoms in total. The van der Waals surface area contributed by atoms with Crippen molar-refractivity contribution in [3.8, 4) is 0 Å². The second-order valence-corrected chi connectivity index (χ2v) is 3.21. The van der Waals surface area contributed by atoms with Crippen molar-refractivity contribution < 1.29 is 14.3 Å². The van der Waals surface area contributed by atoms with Crippen LogP contribution in [0.3, 0.4) is 0 Å². The minimum atomic E-state index is -1.05. The molecule has 1 rings (SSSR count). The molecule has 0 aromatic carbocycles. The first-order chi connectivity index (χ1) is 5.52. The van der Waals surface area contributed by atoms with Gasteiger partial charge in [-0.3, -0.25) is 9.80 Å². The van der Waals surface area contributed by atoms with Crippen LogP contribution in [0, 0.1) is 0 Å². The van der Waals surface area contributed by atoms with Crippen LogP contribution in [-0.4, -0.2) is 54.0 Å². The van der Waals surface area contributed by atoms with Crippen molar-refractivity contribution in [2.45, 2.75) is 18.8 Å². The molecule has 1 amide bonds. The molecule has 1 saturated heterocycles. The molecule has 0 bridgehead atoms. The molecule has 1 fully saturated rings. The first-order valence-corrected chi connectivity index (χ1v) is 3.82. The van der Waals surface area contributed by atoms with E-state index >= 15 is 0 Å². The second kappa shape index (κ2) is 3.26. The summed E-state index contributed by atoms with van der Waals surface area (Å²) in [5.41, 5.74) is 0. The highest BCUT2D eigenvalue weighted by molar-refractivity contribution is 5.65. The molecule has 0 radical (unpaired) electrons. The van der Waals surface area contributed by atoms with Crippen LogP contribution in [0.2, 0.25) is 0 Å². The molecular weight excluding hydrogens is 163 g/mol. The minimum absolute atomic E-state index is 0.00181. The Morgan fingerprint density at radius 2 is 2.25 bits per heavy atom. The van der Waals surface area contributed by atoms with E-state index in [9.17, 15) is 9.18 Å². The summed E-state index contributed by atoms with van der Waals surface area (Å²) in [5, 5.41) is 8.68. The number of hydrogen-bond acceptors (Lipinski definition) is 2. The maximum Gasteiger partial charge on any atom is 0.408 e. The first-order valence-electron chi connectivity index (χ1n) is 3.82. The fourth-order valence-corrected chi connectivity index (χ4v) is 1.46. The topological polar surface area (TPSA) is 43.8 Å². The van der Waals surface area contributed by atoms with Gasteiger partial charge in [0, 0.05) is 6.42 Å². The number of carboxylic acid groups (broad SMARTS) is 1. The largest absolute Gasteiger partial charge is 0.465 e. The van der Waals surface area contributed by atoms with Crippen molar-refractivity contribution >= 4 is 6.09 Å². The molecule has 1 N–H and O–H groups in total. The van der Waals surface area contributed by atoms with Gasteiger partial charge in [0.2, 0.25) is 0 Å². The maximum atomic E-state index is 12.8. The molecule has 5 heteroatoms. The zero-order valence-corrected chi connectivity index (χ0v) is 7.20. The average molecular weight is 176 g/mol. The van der Waals surface area contributed by atoms with Crippen molar-refractivity contribution in [1.82, 2.24) is 9.80 Å². The van der Waals surface area contributed by atoms with Crippen molar-refractivity contribution in [2.75, 3.05) is 20.6 Å². The quantitative estimate of drug-likeness (QED) is 0.636. The van der Waals surface area contributed by atoms with Crippen molar-refractivity contribution in [2.24, 2.45) is 0 Å². The summed E-state index contributed by atoms with van der Waals surface area (Å²) in [7, 11) is 3.50. The molecule has 70 valence electrons. The molecule has 1 aliphatic rings. The van der Waals surface area contributed by atoms with Gasteiger partial charge < -0.3 is 5.11 Å². The van der Waals surface area contributed by atoms with Gasteiger partial charge in [-0.05, 0) is 14.1 Å². The number of alkyl halides is 1. The Hall–Kier alpha value is -0.840. The smallest absolute Gasteiger partial charge is 0.408 e. The van der Waals surface area contributed by atoms with E-state index in [-0.39, 0.29) is 19.1 Å². The standard InChI is InChI=1S/C7H13FN2O2/c1-9(2)6-3-5(8)4-10(6)7(11)12/h5-6H,3-4H2,1-2H3,(H,11,12). The van der Waals surface area contributed by atoms with E-state index in [0.29, 0.717) is 0 Å². The fourth-order valence-electron chi connectivity index (χ4n) is 1.46. The number of likely N-dealkylation sites (tertiary alicyclic amines) is 1. The highest BCUT2D eigenvalue weighted by Gasteiger charge is 2.36. The Bertz CT molecular complexity index is 186. The summed E-state index contributed by atoms with van der Waals surface area (Å²) in [4.78, 5) is 13.4. The number of halogens is 1. The lowest BCUT2D eigenvalue weighted by Gasteiger charge is -2.26. The SMILES string of the molecule is CN(C)C1CC(F)CN1C(=O)O. The minimum Gasteiger partial charge on any atom is -0.465 e. The van der Waals surface area contributed by atoms with Gasteiger partial charge >= 0.3 is 6.09 Å². The lowest BCUT2D eigenvalue weighted by Crippen LogP contribution is -2.43. The Morgan fingerprint density at radius 1 is 1.67 bits per heavy atom. The number of hydrogen-bond donors (Lipinski definition) is 1. The molecule has 12 heavy (non-hydrogen) atoms. The Kier molecular flexibility index (Phi) is 2.52. The number of amides is 1. The fraction of sp³-hybridized carbons (Fsp3) is 0.857. The molecule has 1 heterocycles. The van der Waals surface area contributed by atoms with E-state index in [4.69, 9.17) is 5.11 Å². The van der Waals surface area contributed by atoms with Crippen molar-refractivity contribution in [3.05, 3.63) is 0 Å². The summed E-state index contributed by atoms with van der Waals surface area (Å²) in [6.07, 6.45) is -2.10. The van der Waals surface area contributed by atoms with Gasteiger partial charge in [0.25, 0.3) is 0 Å². The summed E-state index contributed by atoms with van der Waals surface area (Å²) in [6, 6.07) is 0. The average Bonchev–Trinajstić information content (AvgIpc) is 2.31. The van der Waals surface area contributed by atoms with Crippen LogP contribution in [0.25, 0.3) is 0 Å². The molecule has 0 aliphatic carbocycles. The van der Waals surface area contributed by atoms with Crippen molar-refractivity contribution in [3.63, 3.8) is 0 Å². The number of nitrogens with zero attached hydrogens (tertiary/aromatic N) is 2. The zero-order valence-electron chi connectivity index (χ0n) is 7.20. The van der Waals surface area contributed by atoms with Crippen LogP contribution >= 0.6 is 0 Å². The van der Waals surface area contributed by atoms with Crippen molar-refractivity contribution in [1.29, 1.82) is 0 Å². The third-order valence-corrected chi connectivity index (χ3v) is 2.06. The zero-order chi connectivity index (χ0) is 9.30. The molecule has 0 saturated carbocycles. The van der Waals surface area contributed by atoms with Crippen LogP contribution in [0.4, 0.5) is 9.18 Å². The summed E-state index contributed by atoms with van der Waals surface area (Å²) >= 11 is 0. The third kappa shape index (κ3) is 1.66. The predicted molar refractivity (Wildman–Crippen MR) is 41.7 cm³/mol. The number of carbonyl (C=O) groups is 1. The van der Waals surface area contributed by atoms with E-state index in [1.165, 1.54) is 0 Å². The maximum absolute atomic E-state index is 12.8. The summed E-state index contributed by atoms with van der Waals surface area (Å²) in [6.45, 7) is -0.00181. The molecule has 2 atom stereocenters. The Morgan fingerprint density at radius 3 is 2.58 bits per heavy atom. The normalized spacial score (nSPS) is 29.8. The van der Waals surface area contributed by atoms with Gasteiger partial charge in [0.05, 0.1) is 12.7 Å². The highest BCUT2D eigenvalue weighted by Crippen LogP contribution is 2.21. The van der Waals surface area contributed by atoms with Gasteiger partial charge in [-0.25, -0.2) is 9.18 Å². The van der Waals surface area contributed by atoms with E-state index in [0.717, 1.165) is 4.90 Å². The van der Waals surface area contributed by atoms with Gasteiger partial charge in [-0.2, -0.15) is 0 Å². The monoisotopic (exact) mass is 176 g/mol. The Labute approximate surface area is 70.6 Å². The second-order valence-electron chi connectivity index (χ2n) is 3.21. The summed E-state index contributed by atoms with van der Waals surface area (Å²) in [5.74, 6) is 0. The molecule has 0 aromatic heterocycles. The molecule has 0 aromatic rings. The molecule has 1 aliphatic heterocycles. The van der Waals surface area contributed by atoms with Gasteiger partial charge in [0.1, 0.15) is 6.17 Å². The van der Waals surface area contributed by atoms with E-state index < -0.39 is 12.3 Å². The first kappa shape index (κ1) is 9.25. The molecular formula is C7H13FN2O2. The number of rotatable bonds is 1. The van der Waals surface area contributed by atoms with E-state index in [1.54, 1.807) is 19.0 Å². The lowest BCUT2D eigenvalue weighted by molar-refractivity contribution is 0.0958. The highest BCUT2D eigenvalue weighted by atomic mass is 19.1. The van der Waals surface area contributed by atoms with E-state index in [2.05, 4.69) is 0 Å². The predicted octanol–water partition coefficient (Wildman–Crippen LogP) is 0.596. The van der Waals surface area contributed by atoms with Crippen LogP contribution in [0.5, 0.6) is 0 Å².